The average molecular weight is 376 g/mol. The summed E-state index contributed by atoms with van der Waals surface area (Å²) < 4.78 is 2.75. The van der Waals surface area contributed by atoms with E-state index in [9.17, 15) is 4.79 Å². The van der Waals surface area contributed by atoms with Crippen LogP contribution in [0.25, 0.3) is 5.52 Å². The number of anilines is 1. The highest BCUT2D eigenvalue weighted by molar-refractivity contribution is 9.10. The lowest BCUT2D eigenvalue weighted by atomic mass is 9.91. The van der Waals surface area contributed by atoms with E-state index in [0.717, 1.165) is 54.6 Å². The molecule has 3 fully saturated rings. The van der Waals surface area contributed by atoms with Crippen LogP contribution in [0.1, 0.15) is 43.8 Å². The summed E-state index contributed by atoms with van der Waals surface area (Å²) in [5.41, 5.74) is 6.82. The van der Waals surface area contributed by atoms with Gasteiger partial charge in [-0.05, 0) is 48.0 Å². The van der Waals surface area contributed by atoms with Gasteiger partial charge in [0, 0.05) is 30.9 Å². The largest absolute Gasteiger partial charge is 0.382 e. The zero-order valence-electron chi connectivity index (χ0n) is 12.7. The SMILES string of the molecule is Nc1nccn2c([C@@H]3CC[C@H]4CC5(CC5)C(=O)N4C3)nc(Br)c12. The molecule has 1 aliphatic carbocycles. The van der Waals surface area contributed by atoms with Crippen LogP contribution in [0.3, 0.4) is 0 Å². The van der Waals surface area contributed by atoms with Gasteiger partial charge in [-0.2, -0.15) is 0 Å². The first kappa shape index (κ1) is 13.8. The number of piperidine rings is 1. The number of nitrogens with zero attached hydrogens (tertiary/aromatic N) is 4. The number of imidazole rings is 1. The van der Waals surface area contributed by atoms with E-state index in [1.807, 2.05) is 10.6 Å². The monoisotopic (exact) mass is 375 g/mol. The van der Waals surface area contributed by atoms with E-state index in [0.29, 0.717) is 17.8 Å². The van der Waals surface area contributed by atoms with Crippen molar-refractivity contribution in [3.63, 3.8) is 0 Å². The fraction of sp³-hybridized carbons (Fsp3) is 0.562. The molecule has 2 aromatic heterocycles. The Morgan fingerprint density at radius 2 is 2.17 bits per heavy atom. The molecule has 0 radical (unpaired) electrons. The van der Waals surface area contributed by atoms with Crippen molar-refractivity contribution in [1.29, 1.82) is 0 Å². The number of fused-ring (bicyclic) bond motifs is 2. The predicted molar refractivity (Wildman–Crippen MR) is 88.9 cm³/mol. The Bertz CT molecular complexity index is 827. The van der Waals surface area contributed by atoms with Crippen molar-refractivity contribution in [3.05, 3.63) is 22.8 Å². The Balaban J connectivity index is 1.52. The number of hydrogen-bond donors (Lipinski definition) is 1. The maximum atomic E-state index is 12.7. The van der Waals surface area contributed by atoms with Crippen molar-refractivity contribution in [3.8, 4) is 0 Å². The number of rotatable bonds is 1. The zero-order chi connectivity index (χ0) is 15.8. The van der Waals surface area contributed by atoms with Crippen molar-refractivity contribution in [2.45, 2.75) is 44.1 Å². The van der Waals surface area contributed by atoms with Gasteiger partial charge in [0.05, 0.1) is 5.41 Å². The molecule has 0 bridgehead atoms. The Kier molecular flexibility index (Phi) is 2.67. The number of halogens is 1. The van der Waals surface area contributed by atoms with Crippen LogP contribution < -0.4 is 5.73 Å². The highest BCUT2D eigenvalue weighted by Crippen LogP contribution is 2.57. The standard InChI is InChI=1S/C16H18BrN5O/c17-12-11-13(18)19-5-6-21(11)14(20-12)9-1-2-10-7-16(3-4-16)15(23)22(10)8-9/h5-6,9-10H,1-4,7-8H2,(H2,18,19)/t9-,10+/m1/s1. The third-order valence-corrected chi connectivity index (χ3v) is 6.39. The molecule has 0 unspecified atom stereocenters. The van der Waals surface area contributed by atoms with Gasteiger partial charge in [0.1, 0.15) is 15.9 Å². The minimum Gasteiger partial charge on any atom is -0.382 e. The third kappa shape index (κ3) is 1.83. The van der Waals surface area contributed by atoms with E-state index >= 15 is 0 Å². The highest BCUT2D eigenvalue weighted by Gasteiger charge is 2.59. The number of hydrogen-bond acceptors (Lipinski definition) is 4. The molecule has 5 rings (SSSR count). The van der Waals surface area contributed by atoms with Gasteiger partial charge in [-0.25, -0.2) is 9.97 Å². The number of amides is 1. The molecule has 2 aliphatic heterocycles. The molecule has 120 valence electrons. The number of nitrogen functional groups attached to an aromatic ring is 1. The molecule has 6 nitrogen and oxygen atoms in total. The Morgan fingerprint density at radius 1 is 1.35 bits per heavy atom. The van der Waals surface area contributed by atoms with Gasteiger partial charge in [0.2, 0.25) is 5.91 Å². The molecular weight excluding hydrogens is 358 g/mol. The number of carbonyl (C=O) groups excluding carboxylic acids is 1. The van der Waals surface area contributed by atoms with E-state index in [1.165, 1.54) is 0 Å². The van der Waals surface area contributed by atoms with Gasteiger partial charge in [0.25, 0.3) is 0 Å². The van der Waals surface area contributed by atoms with Crippen LogP contribution in [0.15, 0.2) is 17.0 Å². The lowest BCUT2D eigenvalue weighted by molar-refractivity contribution is -0.134. The second-order valence-corrected chi connectivity index (χ2v) is 7.91. The summed E-state index contributed by atoms with van der Waals surface area (Å²) in [5.74, 6) is 2.09. The first-order chi connectivity index (χ1) is 11.1. The molecular formula is C16H18BrN5O. The van der Waals surface area contributed by atoms with Crippen LogP contribution >= 0.6 is 15.9 Å². The molecule has 4 heterocycles. The van der Waals surface area contributed by atoms with Gasteiger partial charge in [-0.3, -0.25) is 9.20 Å². The molecule has 2 saturated heterocycles. The summed E-state index contributed by atoms with van der Waals surface area (Å²) in [7, 11) is 0. The second-order valence-electron chi connectivity index (χ2n) is 7.16. The van der Waals surface area contributed by atoms with Crippen LogP contribution in [0.2, 0.25) is 0 Å². The van der Waals surface area contributed by atoms with Crippen LogP contribution in [0.5, 0.6) is 0 Å². The van der Waals surface area contributed by atoms with Gasteiger partial charge in [-0.1, -0.05) is 0 Å². The number of carbonyl (C=O) groups is 1. The fourth-order valence-electron chi connectivity index (χ4n) is 4.44. The van der Waals surface area contributed by atoms with E-state index in [1.54, 1.807) is 6.20 Å². The van der Waals surface area contributed by atoms with Crippen molar-refractivity contribution in [1.82, 2.24) is 19.3 Å². The van der Waals surface area contributed by atoms with Crippen LogP contribution in [-0.4, -0.2) is 37.8 Å². The summed E-state index contributed by atoms with van der Waals surface area (Å²) in [6.45, 7) is 0.777. The lowest BCUT2D eigenvalue weighted by Crippen LogP contribution is -2.41. The molecule has 2 aromatic rings. The van der Waals surface area contributed by atoms with Gasteiger partial charge >= 0.3 is 0 Å². The normalized spacial score (nSPS) is 28.6. The topological polar surface area (TPSA) is 76.5 Å². The maximum absolute atomic E-state index is 12.7. The molecule has 1 spiro atoms. The molecule has 1 amide bonds. The van der Waals surface area contributed by atoms with Crippen LogP contribution in [0.4, 0.5) is 5.82 Å². The zero-order valence-corrected chi connectivity index (χ0v) is 14.3. The van der Waals surface area contributed by atoms with Gasteiger partial charge in [-0.15, -0.1) is 0 Å². The molecule has 3 aliphatic rings. The molecule has 1 saturated carbocycles. The van der Waals surface area contributed by atoms with Crippen molar-refractivity contribution in [2.75, 3.05) is 12.3 Å². The van der Waals surface area contributed by atoms with E-state index in [2.05, 4.69) is 30.8 Å². The average Bonchev–Trinajstić information content (AvgIpc) is 3.16. The first-order valence-corrected chi connectivity index (χ1v) is 8.97. The molecule has 7 heteroatoms. The summed E-state index contributed by atoms with van der Waals surface area (Å²) in [6.07, 6.45) is 8.99. The van der Waals surface area contributed by atoms with Gasteiger partial charge in [0.15, 0.2) is 5.82 Å². The van der Waals surface area contributed by atoms with E-state index < -0.39 is 0 Å². The third-order valence-electron chi connectivity index (χ3n) is 5.83. The number of nitrogens with two attached hydrogens (primary N) is 1. The Morgan fingerprint density at radius 3 is 2.96 bits per heavy atom. The number of aromatic nitrogens is 3. The fourth-order valence-corrected chi connectivity index (χ4v) is 5.02. The molecule has 23 heavy (non-hydrogen) atoms. The summed E-state index contributed by atoms with van der Waals surface area (Å²) >= 11 is 3.50. The summed E-state index contributed by atoms with van der Waals surface area (Å²) in [5, 5.41) is 0. The predicted octanol–water partition coefficient (Wildman–Crippen LogP) is 2.33. The Hall–Kier alpha value is -1.63. The molecule has 2 atom stereocenters. The highest BCUT2D eigenvalue weighted by atomic mass is 79.9. The minimum absolute atomic E-state index is 0.0170. The quantitative estimate of drug-likeness (QED) is 0.829. The second kappa shape index (κ2) is 4.47. The maximum Gasteiger partial charge on any atom is 0.229 e. The van der Waals surface area contributed by atoms with Gasteiger partial charge < -0.3 is 10.6 Å². The van der Waals surface area contributed by atoms with Crippen LogP contribution in [-0.2, 0) is 4.79 Å². The Labute approximate surface area is 142 Å². The molecule has 0 aromatic carbocycles. The van der Waals surface area contributed by atoms with Crippen molar-refractivity contribution in [2.24, 2.45) is 5.41 Å². The van der Waals surface area contributed by atoms with Crippen LogP contribution in [0, 0.1) is 5.41 Å². The van der Waals surface area contributed by atoms with Crippen molar-refractivity contribution < 1.29 is 4.79 Å². The molecule has 2 N–H and O–H groups in total. The lowest BCUT2D eigenvalue weighted by Gasteiger charge is -2.34. The minimum atomic E-state index is 0.0170. The van der Waals surface area contributed by atoms with E-state index in [-0.39, 0.29) is 11.3 Å². The first-order valence-electron chi connectivity index (χ1n) is 8.18. The summed E-state index contributed by atoms with van der Waals surface area (Å²) in [6, 6.07) is 0.447. The van der Waals surface area contributed by atoms with E-state index in [4.69, 9.17) is 5.73 Å². The van der Waals surface area contributed by atoms with Crippen molar-refractivity contribution >= 4 is 33.2 Å². The smallest absolute Gasteiger partial charge is 0.229 e. The summed E-state index contributed by atoms with van der Waals surface area (Å²) in [4.78, 5) is 23.6.